The molecule has 0 spiro atoms. The molecule has 17 rings (SSSR count). The predicted molar refractivity (Wildman–Crippen MR) is 391 cm³/mol. The minimum atomic E-state index is -0.780. The van der Waals surface area contributed by atoms with E-state index in [4.69, 9.17) is 0 Å². The third-order valence-electron chi connectivity index (χ3n) is 19.8. The molecule has 0 N–H and O–H groups in total. The third kappa shape index (κ3) is 8.48. The van der Waals surface area contributed by atoms with Gasteiger partial charge in [-0.05, 0) is 166 Å². The van der Waals surface area contributed by atoms with Crippen LogP contribution in [0.1, 0.15) is 108 Å². The lowest BCUT2D eigenvalue weighted by Gasteiger charge is -2.35. The molecule has 4 aliphatic rings. The summed E-state index contributed by atoms with van der Waals surface area (Å²) >= 11 is 6.75. The third-order valence-corrected chi connectivity index (χ3v) is 24.6. The van der Waals surface area contributed by atoms with E-state index in [1.54, 1.807) is 69.6 Å². The Morgan fingerprint density at radius 1 is 0.344 bits per heavy atom. The molecule has 0 bridgehead atoms. The highest BCUT2D eigenvalue weighted by atomic mass is 32.1. The zero-order chi connectivity index (χ0) is 65.5. The van der Waals surface area contributed by atoms with Gasteiger partial charge in [-0.15, -0.1) is 45.3 Å². The van der Waals surface area contributed by atoms with Gasteiger partial charge in [-0.1, -0.05) is 192 Å². The number of benzene rings is 9. The Hall–Kier alpha value is -11.4. The lowest BCUT2D eigenvalue weighted by atomic mass is 9.65. The van der Waals surface area contributed by atoms with Crippen LogP contribution >= 0.6 is 45.3 Å². The van der Waals surface area contributed by atoms with Gasteiger partial charge in [0.25, 0.3) is 0 Å². The molecular weight excluding hydrogens is 1250 g/mol. The van der Waals surface area contributed by atoms with Crippen molar-refractivity contribution in [2.75, 3.05) is 0 Å². The second-order valence-electron chi connectivity index (χ2n) is 25.2. The fourth-order valence-corrected chi connectivity index (χ4v) is 19.9. The van der Waals surface area contributed by atoms with Crippen molar-refractivity contribution in [2.45, 2.75) is 38.5 Å². The molecule has 9 aromatic carbocycles. The number of ketones is 2. The molecule has 4 aliphatic carbocycles. The highest BCUT2D eigenvalue weighted by Gasteiger charge is 2.53. The molecule has 0 unspecified atom stereocenters. The van der Waals surface area contributed by atoms with Gasteiger partial charge in [0, 0.05) is 83.2 Å². The number of allylic oxidation sites excluding steroid dienone is 6. The van der Waals surface area contributed by atoms with Gasteiger partial charge in [-0.25, -0.2) is 0 Å². The van der Waals surface area contributed by atoms with E-state index >= 15 is 0 Å². The number of thiophene rings is 4. The zero-order valence-electron chi connectivity index (χ0n) is 52.2. The Kier molecular flexibility index (Phi) is 13.4. The summed E-state index contributed by atoms with van der Waals surface area (Å²) in [6, 6.07) is 86.6. The van der Waals surface area contributed by atoms with Gasteiger partial charge in [0.1, 0.15) is 35.4 Å². The van der Waals surface area contributed by atoms with E-state index in [-0.39, 0.29) is 22.7 Å². The van der Waals surface area contributed by atoms with Crippen LogP contribution in [0.15, 0.2) is 241 Å². The van der Waals surface area contributed by atoms with Crippen LogP contribution in [0.4, 0.5) is 0 Å². The summed E-state index contributed by atoms with van der Waals surface area (Å²) in [6.45, 7) is 8.60. The van der Waals surface area contributed by atoms with Crippen molar-refractivity contribution in [3.05, 3.63) is 339 Å². The Balaban J connectivity index is 0.905. The lowest BCUT2D eigenvalue weighted by Crippen LogP contribution is -2.30. The van der Waals surface area contributed by atoms with Gasteiger partial charge in [0.05, 0.1) is 10.8 Å². The van der Waals surface area contributed by atoms with Crippen molar-refractivity contribution in [1.29, 1.82) is 21.0 Å². The van der Waals surface area contributed by atoms with E-state index in [9.17, 15) is 30.6 Å². The highest BCUT2D eigenvalue weighted by molar-refractivity contribution is 7.27. The fraction of sp³-hybridized carbons (Fsp3) is 0.0698. The maximum atomic E-state index is 14.1. The van der Waals surface area contributed by atoms with Crippen LogP contribution in [0.25, 0.3) is 85.2 Å². The summed E-state index contributed by atoms with van der Waals surface area (Å²) in [7, 11) is 0. The number of nitriles is 4. The summed E-state index contributed by atoms with van der Waals surface area (Å²) in [5, 5.41) is 42.7. The van der Waals surface area contributed by atoms with Gasteiger partial charge in [0.2, 0.25) is 0 Å². The number of hydrogen-bond acceptors (Lipinski definition) is 10. The number of aryl methyl sites for hydroxylation is 4. The number of fused-ring (bicyclic) bond motifs is 12. The number of Topliss-reactive ketones (excluding diaryl/α,β-unsaturated/α-hetero) is 2. The van der Waals surface area contributed by atoms with Crippen LogP contribution < -0.4 is 0 Å². The summed E-state index contributed by atoms with van der Waals surface area (Å²) in [4.78, 5) is 34.1. The molecule has 0 radical (unpaired) electrons. The van der Waals surface area contributed by atoms with E-state index in [0.29, 0.717) is 44.5 Å². The number of hydrogen-bond donors (Lipinski definition) is 0. The predicted octanol–water partition coefficient (Wildman–Crippen LogP) is 21.7. The molecule has 4 aromatic heterocycles. The van der Waals surface area contributed by atoms with Gasteiger partial charge in [-0.2, -0.15) is 21.0 Å². The first kappa shape index (κ1) is 58.4. The van der Waals surface area contributed by atoms with E-state index < -0.39 is 10.8 Å². The summed E-state index contributed by atoms with van der Waals surface area (Å²) in [6.07, 6.45) is 3.68. The van der Waals surface area contributed by atoms with Gasteiger partial charge in [0.15, 0.2) is 11.6 Å². The first-order valence-corrected chi connectivity index (χ1v) is 34.7. The fourth-order valence-electron chi connectivity index (χ4n) is 15.4. The highest BCUT2D eigenvalue weighted by Crippen LogP contribution is 2.66. The monoisotopic (exact) mass is 1300 g/mol. The molecule has 450 valence electrons. The molecule has 0 atom stereocenters. The first-order chi connectivity index (χ1) is 46.8. The molecule has 0 aliphatic heterocycles. The van der Waals surface area contributed by atoms with Crippen LogP contribution in [0, 0.1) is 73.0 Å². The SMILES string of the molecule is Cc1ccc(C2(c3ccc(C)cc3)c3cc4c(cc3-c3c2ccc2cc(-c5ccc(/C=C6\C(=O)c7ccccc7C6=C(C#N)C#N)s5)sc32)C(c2ccc(C)cc2)(c2ccc(C)cc2)c2ccc3cc(-c5ccc(/C=C6\C(=O)c7ccccc7C6=C(C#N)C#N)s5)sc3c2-4)cc1. The molecule has 0 fully saturated rings. The second kappa shape index (κ2) is 22.1. The molecule has 0 saturated carbocycles. The number of rotatable bonds is 8. The maximum absolute atomic E-state index is 14.1. The Morgan fingerprint density at radius 3 is 1.01 bits per heavy atom. The largest absolute Gasteiger partial charge is 0.289 e. The Morgan fingerprint density at radius 2 is 0.677 bits per heavy atom. The normalized spacial score (nSPS) is 15.0. The lowest BCUT2D eigenvalue weighted by molar-refractivity contribution is 0.103. The molecule has 0 saturated heterocycles. The Bertz CT molecular complexity index is 5460. The van der Waals surface area contributed by atoms with Crippen LogP contribution in [0.3, 0.4) is 0 Å². The topological polar surface area (TPSA) is 129 Å². The molecule has 10 heteroatoms. The quantitative estimate of drug-likeness (QED) is 0.110. The number of carbonyl (C=O) groups excluding carboxylic acids is 2. The van der Waals surface area contributed by atoms with Crippen molar-refractivity contribution in [3.63, 3.8) is 0 Å². The zero-order valence-corrected chi connectivity index (χ0v) is 55.4. The van der Waals surface area contributed by atoms with Gasteiger partial charge < -0.3 is 0 Å². The summed E-state index contributed by atoms with van der Waals surface area (Å²) in [5.41, 5.74) is 20.8. The average molecular weight is 1300 g/mol. The first-order valence-electron chi connectivity index (χ1n) is 31.5. The smallest absolute Gasteiger partial charge is 0.194 e. The van der Waals surface area contributed by atoms with E-state index in [0.717, 1.165) is 40.0 Å². The molecule has 96 heavy (non-hydrogen) atoms. The average Bonchev–Trinajstić information content (AvgIpc) is 1.50. The van der Waals surface area contributed by atoms with Crippen molar-refractivity contribution in [1.82, 2.24) is 0 Å². The van der Waals surface area contributed by atoms with Crippen molar-refractivity contribution in [3.8, 4) is 66.0 Å². The maximum Gasteiger partial charge on any atom is 0.194 e. The van der Waals surface area contributed by atoms with Crippen LogP contribution in [0.2, 0.25) is 0 Å². The standard InChI is InChI=1S/C86H50N4O2S4/c1-47-13-23-55(24-14-47)85(56-25-15-48(2)16-26-56)69-33-21-51-37-75(73-35-31-59(93-73)39-67-77(53(43-87)44-88)61-9-5-7-11-63(61)81(67)91)95-83(51)79(69)65-42-72-66(41-71(65)85)80-70(86(72,57-27-17-49(3)18-28-57)58-29-19-50(4)20-30-58)34-22-52-38-76(96-84(52)80)74-36-32-60(94-74)40-68-78(54(45-89)46-90)62-10-6-8-12-64(62)82(68)92/h5-42H,1-4H3/b67-39-,68-40-. The van der Waals surface area contributed by atoms with Crippen molar-refractivity contribution < 1.29 is 9.59 Å². The second-order valence-corrected chi connectivity index (χ2v) is 29.5. The van der Waals surface area contributed by atoms with Crippen LogP contribution in [-0.2, 0) is 10.8 Å². The summed E-state index contributed by atoms with van der Waals surface area (Å²) in [5.74, 6) is -0.408. The molecule has 4 heterocycles. The van der Waals surface area contributed by atoms with E-state index in [1.165, 1.54) is 98.4 Å². The van der Waals surface area contributed by atoms with Crippen LogP contribution in [-0.4, -0.2) is 11.6 Å². The van der Waals surface area contributed by atoms with E-state index in [2.05, 4.69) is 210 Å². The molecule has 6 nitrogen and oxygen atoms in total. The van der Waals surface area contributed by atoms with Gasteiger partial charge in [-0.3, -0.25) is 9.59 Å². The minimum absolute atomic E-state index is 0.0878. The molecular formula is C86H50N4O2S4. The molecule has 0 amide bonds. The molecule has 13 aromatic rings. The number of carbonyl (C=O) groups is 2. The van der Waals surface area contributed by atoms with E-state index in [1.807, 2.05) is 48.6 Å². The number of nitrogens with zero attached hydrogens (tertiary/aromatic N) is 4. The van der Waals surface area contributed by atoms with Crippen molar-refractivity contribution in [2.24, 2.45) is 0 Å². The van der Waals surface area contributed by atoms with Crippen molar-refractivity contribution >= 4 is 100 Å². The van der Waals surface area contributed by atoms with Gasteiger partial charge >= 0.3 is 0 Å². The Labute approximate surface area is 570 Å². The summed E-state index contributed by atoms with van der Waals surface area (Å²) < 4.78 is 2.34. The van der Waals surface area contributed by atoms with Crippen LogP contribution in [0.5, 0.6) is 0 Å². The minimum Gasteiger partial charge on any atom is -0.289 e.